The smallest absolute Gasteiger partial charge is 0.120 e. The Morgan fingerprint density at radius 1 is 1.09 bits per heavy atom. The number of aryl methyl sites for hydroxylation is 1. The zero-order valence-electron chi connectivity index (χ0n) is 13.7. The van der Waals surface area contributed by atoms with E-state index < -0.39 is 0 Å². The minimum absolute atomic E-state index is 0.689. The van der Waals surface area contributed by atoms with Gasteiger partial charge in [0.2, 0.25) is 0 Å². The number of hydrogen-bond acceptors (Lipinski definition) is 2. The van der Waals surface area contributed by atoms with Crippen molar-refractivity contribution in [2.75, 3.05) is 13.2 Å². The minimum Gasteiger partial charge on any atom is -0.494 e. The van der Waals surface area contributed by atoms with Gasteiger partial charge in [-0.25, -0.2) is 0 Å². The molecule has 0 spiro atoms. The molecule has 0 unspecified atom stereocenters. The molecule has 0 saturated heterocycles. The summed E-state index contributed by atoms with van der Waals surface area (Å²) in [7, 11) is 0. The molecule has 0 saturated carbocycles. The lowest BCUT2D eigenvalue weighted by Gasteiger charge is -2.07. The fourth-order valence-electron chi connectivity index (χ4n) is 3.01. The Labute approximate surface area is 137 Å². The van der Waals surface area contributed by atoms with Crippen molar-refractivity contribution >= 4 is 10.9 Å². The van der Waals surface area contributed by atoms with Gasteiger partial charge in [0.25, 0.3) is 0 Å². The van der Waals surface area contributed by atoms with E-state index in [1.165, 1.54) is 22.0 Å². The molecule has 120 valence electrons. The topological polar surface area (TPSA) is 40.2 Å². The first kappa shape index (κ1) is 15.6. The normalized spacial score (nSPS) is 11.0. The lowest BCUT2D eigenvalue weighted by molar-refractivity contribution is 0.340. The van der Waals surface area contributed by atoms with E-state index in [9.17, 15) is 0 Å². The van der Waals surface area contributed by atoms with Gasteiger partial charge in [-0.2, -0.15) is 0 Å². The van der Waals surface area contributed by atoms with Crippen LogP contribution < -0.4 is 10.5 Å². The molecule has 0 radical (unpaired) electrons. The largest absolute Gasteiger partial charge is 0.494 e. The van der Waals surface area contributed by atoms with Crippen LogP contribution in [0.3, 0.4) is 0 Å². The van der Waals surface area contributed by atoms with Crippen molar-refractivity contribution < 1.29 is 4.74 Å². The van der Waals surface area contributed by atoms with Crippen LogP contribution in [0.1, 0.15) is 24.5 Å². The maximum atomic E-state index is 5.70. The summed E-state index contributed by atoms with van der Waals surface area (Å²) in [6.07, 6.45) is 4.27. The average Bonchev–Trinajstić information content (AvgIpc) is 2.91. The van der Waals surface area contributed by atoms with Gasteiger partial charge in [0.15, 0.2) is 0 Å². The lowest BCUT2D eigenvalue weighted by atomic mass is 10.1. The lowest BCUT2D eigenvalue weighted by Crippen LogP contribution is -2.00. The fourth-order valence-corrected chi connectivity index (χ4v) is 3.01. The van der Waals surface area contributed by atoms with Crippen molar-refractivity contribution in [1.82, 2.24) is 4.57 Å². The first-order valence-corrected chi connectivity index (χ1v) is 8.30. The van der Waals surface area contributed by atoms with Gasteiger partial charge >= 0.3 is 0 Å². The maximum Gasteiger partial charge on any atom is 0.120 e. The molecule has 1 aromatic heterocycles. The van der Waals surface area contributed by atoms with Gasteiger partial charge in [-0.15, -0.1) is 0 Å². The highest BCUT2D eigenvalue weighted by Crippen LogP contribution is 2.27. The third kappa shape index (κ3) is 3.57. The second-order valence-electron chi connectivity index (χ2n) is 5.77. The van der Waals surface area contributed by atoms with E-state index in [-0.39, 0.29) is 0 Å². The number of hydrogen-bond donors (Lipinski definition) is 1. The monoisotopic (exact) mass is 308 g/mol. The van der Waals surface area contributed by atoms with Gasteiger partial charge < -0.3 is 15.0 Å². The molecule has 3 nitrogen and oxygen atoms in total. The van der Waals surface area contributed by atoms with Gasteiger partial charge in [0.1, 0.15) is 5.75 Å². The Balaban J connectivity index is 2.00. The fraction of sp³-hybridized carbons (Fsp3) is 0.300. The van der Waals surface area contributed by atoms with Crippen molar-refractivity contribution in [3.05, 3.63) is 65.9 Å². The molecule has 3 aromatic rings. The summed E-state index contributed by atoms with van der Waals surface area (Å²) in [5.74, 6) is 0.937. The summed E-state index contributed by atoms with van der Waals surface area (Å²) in [6.45, 7) is 4.30. The van der Waals surface area contributed by atoms with E-state index >= 15 is 0 Å². The first-order valence-electron chi connectivity index (χ1n) is 8.30. The van der Waals surface area contributed by atoms with Crippen LogP contribution >= 0.6 is 0 Å². The Morgan fingerprint density at radius 2 is 1.91 bits per heavy atom. The highest BCUT2D eigenvalue weighted by molar-refractivity contribution is 5.85. The molecule has 0 aliphatic rings. The highest BCUT2D eigenvalue weighted by Gasteiger charge is 2.10. The summed E-state index contributed by atoms with van der Waals surface area (Å²) in [6, 6.07) is 16.9. The Bertz CT molecular complexity index is 762. The van der Waals surface area contributed by atoms with E-state index in [0.29, 0.717) is 6.61 Å². The van der Waals surface area contributed by atoms with Crippen LogP contribution in [-0.4, -0.2) is 17.7 Å². The second kappa shape index (κ2) is 7.34. The van der Waals surface area contributed by atoms with Gasteiger partial charge in [-0.1, -0.05) is 30.3 Å². The standard InChI is InChI=1S/C20H24N2O/c1-2-23-18-10-11-20-19(13-18)17(9-6-12-21)15-22(20)14-16-7-4-3-5-8-16/h3-5,7-8,10-11,13,15H,2,6,9,12,14,21H2,1H3. The van der Waals surface area contributed by atoms with Crippen molar-refractivity contribution in [2.24, 2.45) is 5.73 Å². The molecule has 0 amide bonds. The van der Waals surface area contributed by atoms with Crippen LogP contribution in [0.25, 0.3) is 10.9 Å². The quantitative estimate of drug-likeness (QED) is 0.717. The number of aromatic nitrogens is 1. The van der Waals surface area contributed by atoms with E-state index in [1.54, 1.807) is 0 Å². The highest BCUT2D eigenvalue weighted by atomic mass is 16.5. The Kier molecular flexibility index (Phi) is 4.99. The van der Waals surface area contributed by atoms with Crippen LogP contribution in [0, 0.1) is 0 Å². The minimum atomic E-state index is 0.689. The van der Waals surface area contributed by atoms with Crippen LogP contribution in [0.15, 0.2) is 54.7 Å². The van der Waals surface area contributed by atoms with E-state index in [4.69, 9.17) is 10.5 Å². The van der Waals surface area contributed by atoms with E-state index in [2.05, 4.69) is 59.3 Å². The first-order chi connectivity index (χ1) is 11.3. The molecule has 2 N–H and O–H groups in total. The summed E-state index contributed by atoms with van der Waals surface area (Å²) in [5.41, 5.74) is 9.61. The maximum absolute atomic E-state index is 5.70. The summed E-state index contributed by atoms with van der Waals surface area (Å²) >= 11 is 0. The predicted molar refractivity (Wildman–Crippen MR) is 96.0 cm³/mol. The number of fused-ring (bicyclic) bond motifs is 1. The third-order valence-corrected chi connectivity index (χ3v) is 4.09. The zero-order valence-corrected chi connectivity index (χ0v) is 13.7. The number of nitrogens with two attached hydrogens (primary N) is 1. The molecule has 0 aliphatic heterocycles. The van der Waals surface area contributed by atoms with Crippen LogP contribution in [-0.2, 0) is 13.0 Å². The van der Waals surface area contributed by atoms with Crippen LogP contribution in [0.4, 0.5) is 0 Å². The van der Waals surface area contributed by atoms with E-state index in [0.717, 1.165) is 31.7 Å². The molecule has 0 aliphatic carbocycles. The number of rotatable bonds is 7. The second-order valence-corrected chi connectivity index (χ2v) is 5.77. The molecule has 2 aromatic carbocycles. The molecular formula is C20H24N2O. The van der Waals surface area contributed by atoms with Gasteiger partial charge in [-0.05, 0) is 55.6 Å². The Hall–Kier alpha value is -2.26. The van der Waals surface area contributed by atoms with Crippen molar-refractivity contribution in [2.45, 2.75) is 26.3 Å². The average molecular weight is 308 g/mol. The Morgan fingerprint density at radius 3 is 2.65 bits per heavy atom. The molecule has 3 rings (SSSR count). The van der Waals surface area contributed by atoms with E-state index in [1.807, 2.05) is 6.92 Å². The van der Waals surface area contributed by atoms with Gasteiger partial charge in [0.05, 0.1) is 6.61 Å². The van der Waals surface area contributed by atoms with Crippen molar-refractivity contribution in [3.63, 3.8) is 0 Å². The number of benzene rings is 2. The molecule has 1 heterocycles. The van der Waals surface area contributed by atoms with Crippen molar-refractivity contribution in [3.8, 4) is 5.75 Å². The number of ether oxygens (including phenoxy) is 1. The van der Waals surface area contributed by atoms with Gasteiger partial charge in [-0.3, -0.25) is 0 Å². The van der Waals surface area contributed by atoms with Crippen LogP contribution in [0.2, 0.25) is 0 Å². The predicted octanol–water partition coefficient (Wildman–Crippen LogP) is 3.98. The molecule has 0 fully saturated rings. The summed E-state index contributed by atoms with van der Waals surface area (Å²) in [5, 5.41) is 1.28. The SMILES string of the molecule is CCOc1ccc2c(c1)c(CCCN)cn2Cc1ccccc1. The third-order valence-electron chi connectivity index (χ3n) is 4.09. The number of nitrogens with zero attached hydrogens (tertiary/aromatic N) is 1. The molecule has 0 bridgehead atoms. The molecule has 3 heteroatoms. The molecular weight excluding hydrogens is 284 g/mol. The zero-order chi connectivity index (χ0) is 16.1. The molecule has 23 heavy (non-hydrogen) atoms. The van der Waals surface area contributed by atoms with Crippen molar-refractivity contribution in [1.29, 1.82) is 0 Å². The van der Waals surface area contributed by atoms with Gasteiger partial charge in [0, 0.05) is 23.6 Å². The summed E-state index contributed by atoms with van der Waals surface area (Å²) in [4.78, 5) is 0. The van der Waals surface area contributed by atoms with Crippen LogP contribution in [0.5, 0.6) is 5.75 Å². The summed E-state index contributed by atoms with van der Waals surface area (Å²) < 4.78 is 7.99. The molecule has 0 atom stereocenters.